The first kappa shape index (κ1) is 21.6. The van der Waals surface area contributed by atoms with Crippen LogP contribution < -0.4 is 20.1 Å². The molecule has 0 radical (unpaired) electrons. The molecular formula is C19H22F3N5O3. The average molecular weight is 425 g/mol. The van der Waals surface area contributed by atoms with Gasteiger partial charge in [0.1, 0.15) is 23.9 Å². The van der Waals surface area contributed by atoms with Crippen LogP contribution >= 0.6 is 0 Å². The second-order valence-electron chi connectivity index (χ2n) is 6.92. The van der Waals surface area contributed by atoms with Gasteiger partial charge in [0.05, 0.1) is 18.5 Å². The van der Waals surface area contributed by atoms with Crippen LogP contribution in [-0.2, 0) is 10.7 Å². The molecule has 1 aliphatic rings. The molecule has 0 spiro atoms. The summed E-state index contributed by atoms with van der Waals surface area (Å²) >= 11 is 0. The smallest absolute Gasteiger partial charge is 0.304 e. The summed E-state index contributed by atoms with van der Waals surface area (Å²) in [5.41, 5.74) is 0.345. The molecular weight excluding hydrogens is 403 g/mol. The number of nitrogens with zero attached hydrogens (tertiary/aromatic N) is 3. The Labute approximate surface area is 171 Å². The minimum Gasteiger partial charge on any atom is -0.490 e. The fraction of sp³-hybridized carbons (Fsp3) is 0.474. The molecule has 162 valence electrons. The van der Waals surface area contributed by atoms with E-state index in [0.717, 1.165) is 0 Å². The molecule has 3 rings (SSSR count). The molecule has 0 saturated heterocycles. The van der Waals surface area contributed by atoms with Crippen LogP contribution in [0.2, 0.25) is 0 Å². The third kappa shape index (κ3) is 5.49. The van der Waals surface area contributed by atoms with Crippen molar-refractivity contribution in [1.29, 1.82) is 0 Å². The van der Waals surface area contributed by atoms with Crippen molar-refractivity contribution < 1.29 is 27.4 Å². The molecule has 0 atom stereocenters. The van der Waals surface area contributed by atoms with Crippen LogP contribution in [0.1, 0.15) is 39.4 Å². The fourth-order valence-electron chi connectivity index (χ4n) is 2.71. The molecule has 1 saturated carbocycles. The summed E-state index contributed by atoms with van der Waals surface area (Å²) in [6.45, 7) is 4.11. The maximum absolute atomic E-state index is 13.9. The van der Waals surface area contributed by atoms with Crippen molar-refractivity contribution in [1.82, 2.24) is 15.0 Å². The highest BCUT2D eigenvalue weighted by atomic mass is 19.3. The van der Waals surface area contributed by atoms with E-state index in [1.165, 1.54) is 25.3 Å². The zero-order chi connectivity index (χ0) is 21.9. The van der Waals surface area contributed by atoms with Crippen molar-refractivity contribution in [3.63, 3.8) is 0 Å². The number of carbonyl (C=O) groups is 1. The van der Waals surface area contributed by atoms with E-state index in [4.69, 9.17) is 9.47 Å². The summed E-state index contributed by atoms with van der Waals surface area (Å²) < 4.78 is 51.9. The number of halogens is 3. The monoisotopic (exact) mass is 425 g/mol. The van der Waals surface area contributed by atoms with Gasteiger partial charge in [0.25, 0.3) is 0 Å². The van der Waals surface area contributed by atoms with Crippen LogP contribution in [0.15, 0.2) is 18.3 Å². The number of hydrogen-bond donors (Lipinski definition) is 2. The van der Waals surface area contributed by atoms with Crippen LogP contribution in [0.5, 0.6) is 11.6 Å². The first-order chi connectivity index (χ1) is 14.1. The lowest BCUT2D eigenvalue weighted by Gasteiger charge is -2.29. The highest BCUT2D eigenvalue weighted by Crippen LogP contribution is 2.34. The summed E-state index contributed by atoms with van der Waals surface area (Å²) in [4.78, 5) is 23.0. The fourth-order valence-corrected chi connectivity index (χ4v) is 2.71. The summed E-state index contributed by atoms with van der Waals surface area (Å²) in [7, 11) is 0. The van der Waals surface area contributed by atoms with E-state index < -0.39 is 24.0 Å². The molecule has 2 aromatic rings. The molecule has 0 bridgehead atoms. The normalized spacial score (nSPS) is 18.3. The van der Waals surface area contributed by atoms with E-state index in [0.29, 0.717) is 25.0 Å². The molecule has 11 heteroatoms. The Hall–Kier alpha value is -3.11. The molecule has 8 nitrogen and oxygen atoms in total. The third-order valence-electron chi connectivity index (χ3n) is 4.15. The summed E-state index contributed by atoms with van der Waals surface area (Å²) in [6.07, 6.45) is 0.375. The number of carbonyl (C=O) groups excluding carboxylic acids is 1. The highest BCUT2D eigenvalue weighted by Gasteiger charge is 2.33. The third-order valence-corrected chi connectivity index (χ3v) is 4.15. The number of pyridine rings is 1. The van der Waals surface area contributed by atoms with Gasteiger partial charge < -0.3 is 20.1 Å². The van der Waals surface area contributed by atoms with E-state index in [-0.39, 0.29) is 36.3 Å². The molecule has 1 amide bonds. The van der Waals surface area contributed by atoms with Gasteiger partial charge in [-0.25, -0.2) is 14.4 Å². The minimum atomic E-state index is -3.32. The lowest BCUT2D eigenvalue weighted by Crippen LogP contribution is -2.35. The number of nitrogens with one attached hydrogen (secondary N) is 2. The van der Waals surface area contributed by atoms with E-state index >= 15 is 0 Å². The average Bonchev–Trinajstić information content (AvgIpc) is 2.61. The molecule has 2 heterocycles. The standard InChI is InChI=1S/C19H22F3N5O3/c1-4-29-14-9-23-15(24-10(2)28)7-13(14)25-16-8-17(30-12-5-11(20)6-12)27-18(26-16)19(3,21)22/h7-9,11-12H,4-6H2,1-3H3,(H2,23,24,25,26,27,28). The van der Waals surface area contributed by atoms with Gasteiger partial charge in [-0.2, -0.15) is 13.8 Å². The summed E-state index contributed by atoms with van der Waals surface area (Å²) in [6, 6.07) is 2.83. The van der Waals surface area contributed by atoms with Crippen LogP contribution in [0.3, 0.4) is 0 Å². The van der Waals surface area contributed by atoms with Gasteiger partial charge in [0.15, 0.2) is 5.75 Å². The minimum absolute atomic E-state index is 0.0218. The highest BCUT2D eigenvalue weighted by molar-refractivity contribution is 5.88. The van der Waals surface area contributed by atoms with E-state index in [2.05, 4.69) is 25.6 Å². The molecule has 2 N–H and O–H groups in total. The first-order valence-electron chi connectivity index (χ1n) is 9.39. The number of amides is 1. The number of anilines is 3. The molecule has 2 aromatic heterocycles. The van der Waals surface area contributed by atoms with E-state index in [9.17, 15) is 18.0 Å². The topological polar surface area (TPSA) is 98.3 Å². The van der Waals surface area contributed by atoms with Gasteiger partial charge in [-0.15, -0.1) is 0 Å². The zero-order valence-electron chi connectivity index (χ0n) is 16.7. The number of alkyl halides is 3. The largest absolute Gasteiger partial charge is 0.490 e. The van der Waals surface area contributed by atoms with Gasteiger partial charge >= 0.3 is 5.92 Å². The summed E-state index contributed by atoms with van der Waals surface area (Å²) in [5.74, 6) is -3.88. The SMILES string of the molecule is CCOc1cnc(NC(C)=O)cc1Nc1cc(OC2CC(F)C2)nc(C(C)(F)F)n1. The molecule has 0 unspecified atom stereocenters. The number of aromatic nitrogens is 3. The first-order valence-corrected chi connectivity index (χ1v) is 9.39. The van der Waals surface area contributed by atoms with Gasteiger partial charge in [0, 0.05) is 38.8 Å². The predicted molar refractivity (Wildman–Crippen MR) is 103 cm³/mol. The second-order valence-corrected chi connectivity index (χ2v) is 6.92. The lowest BCUT2D eigenvalue weighted by molar-refractivity contribution is -0.114. The number of hydrogen-bond acceptors (Lipinski definition) is 7. The van der Waals surface area contributed by atoms with E-state index in [1.54, 1.807) is 6.92 Å². The van der Waals surface area contributed by atoms with E-state index in [1.807, 2.05) is 0 Å². The van der Waals surface area contributed by atoms with Crippen molar-refractivity contribution in [2.75, 3.05) is 17.2 Å². The second kappa shape index (κ2) is 8.72. The quantitative estimate of drug-likeness (QED) is 0.661. The molecule has 30 heavy (non-hydrogen) atoms. The Morgan fingerprint density at radius 3 is 2.60 bits per heavy atom. The Morgan fingerprint density at radius 2 is 2.00 bits per heavy atom. The van der Waals surface area contributed by atoms with Crippen LogP contribution in [0.4, 0.5) is 30.5 Å². The van der Waals surface area contributed by atoms with Crippen molar-refractivity contribution in [2.45, 2.75) is 51.8 Å². The van der Waals surface area contributed by atoms with Crippen molar-refractivity contribution in [3.05, 3.63) is 24.2 Å². The van der Waals surface area contributed by atoms with Crippen LogP contribution in [0, 0.1) is 0 Å². The Balaban J connectivity index is 1.93. The Bertz CT molecular complexity index is 917. The molecule has 1 aliphatic carbocycles. The van der Waals surface area contributed by atoms with Crippen molar-refractivity contribution in [3.8, 4) is 11.6 Å². The molecule has 0 aromatic carbocycles. The van der Waals surface area contributed by atoms with Gasteiger partial charge in [-0.1, -0.05) is 0 Å². The van der Waals surface area contributed by atoms with Crippen LogP contribution in [0.25, 0.3) is 0 Å². The predicted octanol–water partition coefficient (Wildman–Crippen LogP) is 3.96. The van der Waals surface area contributed by atoms with Crippen molar-refractivity contribution in [2.24, 2.45) is 0 Å². The maximum Gasteiger partial charge on any atom is 0.304 e. The Kier molecular flexibility index (Phi) is 6.28. The Morgan fingerprint density at radius 1 is 1.27 bits per heavy atom. The van der Waals surface area contributed by atoms with Crippen molar-refractivity contribution >= 4 is 23.2 Å². The number of rotatable bonds is 8. The molecule has 0 aliphatic heterocycles. The van der Waals surface area contributed by atoms with Gasteiger partial charge in [-0.3, -0.25) is 4.79 Å². The zero-order valence-corrected chi connectivity index (χ0v) is 16.7. The maximum atomic E-state index is 13.9. The summed E-state index contributed by atoms with van der Waals surface area (Å²) in [5, 5.41) is 5.42. The van der Waals surface area contributed by atoms with Gasteiger partial charge in [-0.05, 0) is 6.92 Å². The van der Waals surface area contributed by atoms with Crippen LogP contribution in [-0.4, -0.2) is 39.7 Å². The molecule has 1 fully saturated rings. The number of ether oxygens (including phenoxy) is 2. The van der Waals surface area contributed by atoms with Gasteiger partial charge in [0.2, 0.25) is 17.6 Å². The lowest BCUT2D eigenvalue weighted by atomic mass is 9.94.